The number of aromatic nitrogens is 3. The Hall–Kier alpha value is -0.280. The highest BCUT2D eigenvalue weighted by molar-refractivity contribution is 6.31. The summed E-state index contributed by atoms with van der Waals surface area (Å²) in [4.78, 5) is 0. The summed E-state index contributed by atoms with van der Waals surface area (Å²) in [6, 6.07) is 0.454. The number of nitrogens with zero attached hydrogens (tertiary/aromatic N) is 3. The molecule has 0 amide bonds. The Balaban J connectivity index is 2.44. The first kappa shape index (κ1) is 6.43. The Morgan fingerprint density at radius 1 is 1.20 bits per heavy atom. The fourth-order valence-electron chi connectivity index (χ4n) is 0.889. The summed E-state index contributed by atoms with van der Waals surface area (Å²) in [5, 5.41) is 8.04. The Bertz CT molecular complexity index is 234. The standard InChI is InChI=1S/C5H5Cl2N3/c6-4-8-9-5(7)10(4)3-1-2-3/h3H,1-2H2. The highest BCUT2D eigenvalue weighted by atomic mass is 35.5. The lowest BCUT2D eigenvalue weighted by Crippen LogP contribution is -1.92. The average molecular weight is 178 g/mol. The van der Waals surface area contributed by atoms with Crippen molar-refractivity contribution in [1.82, 2.24) is 14.8 Å². The fraction of sp³-hybridized carbons (Fsp3) is 0.600. The quantitative estimate of drug-likeness (QED) is 0.657. The zero-order valence-electron chi connectivity index (χ0n) is 5.09. The van der Waals surface area contributed by atoms with E-state index >= 15 is 0 Å². The summed E-state index contributed by atoms with van der Waals surface area (Å²) < 4.78 is 1.75. The topological polar surface area (TPSA) is 30.7 Å². The Kier molecular flexibility index (Phi) is 1.35. The molecule has 1 saturated carbocycles. The van der Waals surface area contributed by atoms with Crippen LogP contribution in [-0.4, -0.2) is 14.8 Å². The maximum absolute atomic E-state index is 5.68. The van der Waals surface area contributed by atoms with Crippen molar-refractivity contribution in [1.29, 1.82) is 0 Å². The van der Waals surface area contributed by atoms with Crippen LogP contribution in [0.1, 0.15) is 18.9 Å². The lowest BCUT2D eigenvalue weighted by molar-refractivity contribution is 0.740. The summed E-state index contributed by atoms with van der Waals surface area (Å²) in [6.45, 7) is 0. The molecule has 0 saturated heterocycles. The van der Waals surface area contributed by atoms with E-state index in [1.165, 1.54) is 0 Å². The molecule has 0 aromatic carbocycles. The molecule has 0 atom stereocenters. The first-order chi connectivity index (χ1) is 4.79. The van der Waals surface area contributed by atoms with Crippen molar-refractivity contribution in [2.24, 2.45) is 0 Å². The predicted octanol–water partition coefficient (Wildman–Crippen LogP) is 1.92. The number of rotatable bonds is 1. The van der Waals surface area contributed by atoms with Crippen molar-refractivity contribution in [3.63, 3.8) is 0 Å². The van der Waals surface area contributed by atoms with Gasteiger partial charge < -0.3 is 0 Å². The molecule has 1 aromatic heterocycles. The van der Waals surface area contributed by atoms with E-state index in [1.807, 2.05) is 0 Å². The molecule has 54 valence electrons. The van der Waals surface area contributed by atoms with Crippen LogP contribution in [0, 0.1) is 0 Å². The molecule has 0 aliphatic heterocycles. The maximum atomic E-state index is 5.68. The maximum Gasteiger partial charge on any atom is 0.226 e. The van der Waals surface area contributed by atoms with Crippen LogP contribution < -0.4 is 0 Å². The van der Waals surface area contributed by atoms with Crippen molar-refractivity contribution in [3.8, 4) is 0 Å². The molecule has 1 fully saturated rings. The van der Waals surface area contributed by atoms with E-state index in [4.69, 9.17) is 23.2 Å². The normalized spacial score (nSPS) is 17.8. The van der Waals surface area contributed by atoms with Crippen LogP contribution in [0.4, 0.5) is 0 Å². The van der Waals surface area contributed by atoms with Gasteiger partial charge in [-0.15, -0.1) is 10.2 Å². The molecule has 0 N–H and O–H groups in total. The Labute approximate surface area is 68.0 Å². The second-order valence-electron chi connectivity index (χ2n) is 2.34. The van der Waals surface area contributed by atoms with Crippen molar-refractivity contribution in [2.75, 3.05) is 0 Å². The molecule has 1 aromatic rings. The molecule has 0 unspecified atom stereocenters. The fourth-order valence-corrected chi connectivity index (χ4v) is 1.44. The minimum absolute atomic E-state index is 0.396. The molecular formula is C5H5Cl2N3. The molecule has 0 bridgehead atoms. The zero-order valence-corrected chi connectivity index (χ0v) is 6.60. The highest BCUT2D eigenvalue weighted by Gasteiger charge is 2.28. The van der Waals surface area contributed by atoms with Gasteiger partial charge >= 0.3 is 0 Å². The summed E-state index contributed by atoms with van der Waals surface area (Å²) in [5.41, 5.74) is 0. The molecule has 1 aliphatic carbocycles. The van der Waals surface area contributed by atoms with Crippen LogP contribution in [0.3, 0.4) is 0 Å². The van der Waals surface area contributed by atoms with Gasteiger partial charge in [-0.2, -0.15) is 0 Å². The first-order valence-corrected chi connectivity index (χ1v) is 3.80. The Morgan fingerprint density at radius 3 is 2.10 bits per heavy atom. The second-order valence-corrected chi connectivity index (χ2v) is 3.02. The first-order valence-electron chi connectivity index (χ1n) is 3.05. The molecule has 1 aliphatic rings. The summed E-state index contributed by atoms with van der Waals surface area (Å²) in [7, 11) is 0. The van der Waals surface area contributed by atoms with Gasteiger partial charge in [-0.3, -0.25) is 4.57 Å². The smallest absolute Gasteiger partial charge is 0.226 e. The van der Waals surface area contributed by atoms with E-state index in [0.717, 1.165) is 12.8 Å². The van der Waals surface area contributed by atoms with E-state index in [0.29, 0.717) is 16.6 Å². The number of hydrogen-bond acceptors (Lipinski definition) is 2. The summed E-state index contributed by atoms with van der Waals surface area (Å²) in [5.74, 6) is 0. The van der Waals surface area contributed by atoms with Gasteiger partial charge in [0.05, 0.1) is 0 Å². The van der Waals surface area contributed by atoms with E-state index in [1.54, 1.807) is 4.57 Å². The van der Waals surface area contributed by atoms with Gasteiger partial charge in [-0.25, -0.2) is 0 Å². The summed E-state index contributed by atoms with van der Waals surface area (Å²) >= 11 is 11.4. The van der Waals surface area contributed by atoms with Gasteiger partial charge in [0.15, 0.2) is 0 Å². The SMILES string of the molecule is Clc1nnc(Cl)n1C1CC1. The van der Waals surface area contributed by atoms with Gasteiger partial charge in [-0.1, -0.05) is 0 Å². The average Bonchev–Trinajstić information content (AvgIpc) is 2.64. The second kappa shape index (κ2) is 2.10. The molecule has 0 spiro atoms. The van der Waals surface area contributed by atoms with E-state index < -0.39 is 0 Å². The highest BCUT2D eigenvalue weighted by Crippen LogP contribution is 2.38. The molecule has 5 heteroatoms. The van der Waals surface area contributed by atoms with Gasteiger partial charge in [0.25, 0.3) is 0 Å². The van der Waals surface area contributed by atoms with Crippen LogP contribution >= 0.6 is 23.2 Å². The van der Waals surface area contributed by atoms with Crippen molar-refractivity contribution in [2.45, 2.75) is 18.9 Å². The van der Waals surface area contributed by atoms with E-state index in [-0.39, 0.29) is 0 Å². The van der Waals surface area contributed by atoms with E-state index in [9.17, 15) is 0 Å². The third-order valence-electron chi connectivity index (χ3n) is 1.52. The van der Waals surface area contributed by atoms with Crippen LogP contribution in [-0.2, 0) is 0 Å². The van der Waals surface area contributed by atoms with Gasteiger partial charge in [-0.05, 0) is 36.0 Å². The molecule has 10 heavy (non-hydrogen) atoms. The predicted molar refractivity (Wildman–Crippen MR) is 38.3 cm³/mol. The van der Waals surface area contributed by atoms with Gasteiger partial charge in [0.1, 0.15) is 0 Å². The van der Waals surface area contributed by atoms with Crippen molar-refractivity contribution < 1.29 is 0 Å². The Morgan fingerprint density at radius 2 is 1.70 bits per heavy atom. The van der Waals surface area contributed by atoms with Crippen LogP contribution in [0.15, 0.2) is 0 Å². The molecule has 3 nitrogen and oxygen atoms in total. The van der Waals surface area contributed by atoms with Crippen molar-refractivity contribution >= 4 is 23.2 Å². The monoisotopic (exact) mass is 177 g/mol. The third kappa shape index (κ3) is 0.896. The number of hydrogen-bond donors (Lipinski definition) is 0. The molecule has 2 rings (SSSR count). The lowest BCUT2D eigenvalue weighted by Gasteiger charge is -1.97. The van der Waals surface area contributed by atoms with Crippen LogP contribution in [0.5, 0.6) is 0 Å². The zero-order chi connectivity index (χ0) is 7.14. The molecule has 0 radical (unpaired) electrons. The molecular weight excluding hydrogens is 173 g/mol. The third-order valence-corrected chi connectivity index (χ3v) is 2.04. The minimum atomic E-state index is 0.396. The van der Waals surface area contributed by atoms with E-state index in [2.05, 4.69) is 10.2 Å². The van der Waals surface area contributed by atoms with Crippen molar-refractivity contribution in [3.05, 3.63) is 10.6 Å². The summed E-state index contributed by atoms with van der Waals surface area (Å²) in [6.07, 6.45) is 2.27. The van der Waals surface area contributed by atoms with Crippen LogP contribution in [0.25, 0.3) is 0 Å². The minimum Gasteiger partial charge on any atom is -0.285 e. The van der Waals surface area contributed by atoms with Gasteiger partial charge in [0, 0.05) is 6.04 Å². The van der Waals surface area contributed by atoms with Crippen LogP contribution in [0.2, 0.25) is 10.6 Å². The lowest BCUT2D eigenvalue weighted by atomic mass is 10.7. The largest absolute Gasteiger partial charge is 0.285 e. The van der Waals surface area contributed by atoms with Gasteiger partial charge in [0.2, 0.25) is 10.6 Å². The number of halogens is 2. The molecule has 1 heterocycles.